The van der Waals surface area contributed by atoms with Gasteiger partial charge in [-0.05, 0) is 157 Å². The highest BCUT2D eigenvalue weighted by atomic mass is 14.5. The molecular formula is C54H42. The van der Waals surface area contributed by atoms with Gasteiger partial charge in [-0.15, -0.1) is 0 Å². The first kappa shape index (κ1) is 30.7. The highest BCUT2D eigenvalue weighted by Gasteiger charge is 2.46. The minimum atomic E-state index is 0.302. The number of hydrogen-bond donors (Lipinski definition) is 0. The SMILES string of the molecule is CC1=CCCC(C)=C1C1C=CC2=C(C=C3c4c(c(-c5ccccc5)c5cc6c7c(cccc7c5c4-c4ccccc4)C4=C6CCC=C4)C4=CC=CC2C43)C1. The van der Waals surface area contributed by atoms with E-state index in [0.29, 0.717) is 17.8 Å². The Morgan fingerprint density at radius 2 is 1.44 bits per heavy atom. The monoisotopic (exact) mass is 690 g/mol. The summed E-state index contributed by atoms with van der Waals surface area (Å²) in [5.74, 6) is 1.06. The molecule has 0 N–H and O–H groups in total. The molecule has 0 amide bonds. The quantitative estimate of drug-likeness (QED) is 0.165. The van der Waals surface area contributed by atoms with Gasteiger partial charge in [0.05, 0.1) is 0 Å². The summed E-state index contributed by atoms with van der Waals surface area (Å²) in [5.41, 5.74) is 24.8. The minimum absolute atomic E-state index is 0.302. The molecule has 7 aliphatic rings. The van der Waals surface area contributed by atoms with Crippen molar-refractivity contribution in [3.63, 3.8) is 0 Å². The van der Waals surface area contributed by atoms with Crippen LogP contribution in [0.2, 0.25) is 0 Å². The second kappa shape index (κ2) is 11.4. The summed E-state index contributed by atoms with van der Waals surface area (Å²) in [4.78, 5) is 0. The molecule has 5 aromatic rings. The van der Waals surface area contributed by atoms with Crippen LogP contribution in [0.25, 0.3) is 66.1 Å². The van der Waals surface area contributed by atoms with Gasteiger partial charge in [0.1, 0.15) is 0 Å². The molecule has 0 bridgehead atoms. The van der Waals surface area contributed by atoms with E-state index in [9.17, 15) is 0 Å². The van der Waals surface area contributed by atoms with Crippen LogP contribution >= 0.6 is 0 Å². The number of benzene rings is 5. The van der Waals surface area contributed by atoms with Gasteiger partial charge < -0.3 is 0 Å². The highest BCUT2D eigenvalue weighted by molar-refractivity contribution is 6.30. The molecule has 0 heterocycles. The number of hydrogen-bond acceptors (Lipinski definition) is 0. The molecule has 0 saturated heterocycles. The van der Waals surface area contributed by atoms with Gasteiger partial charge in [0.2, 0.25) is 0 Å². The fourth-order valence-electron chi connectivity index (χ4n) is 11.7. The van der Waals surface area contributed by atoms with Gasteiger partial charge in [-0.2, -0.15) is 0 Å². The summed E-state index contributed by atoms with van der Waals surface area (Å²) in [6.07, 6.45) is 27.9. The Morgan fingerprint density at radius 1 is 0.648 bits per heavy atom. The van der Waals surface area contributed by atoms with E-state index in [0.717, 1.165) is 19.3 Å². The Bertz CT molecular complexity index is 2830. The van der Waals surface area contributed by atoms with Crippen LogP contribution in [0.15, 0.2) is 167 Å². The first-order valence-electron chi connectivity index (χ1n) is 20.1. The Kier molecular flexibility index (Phi) is 6.48. The molecule has 54 heavy (non-hydrogen) atoms. The van der Waals surface area contributed by atoms with E-state index in [1.165, 1.54) is 118 Å². The van der Waals surface area contributed by atoms with Crippen molar-refractivity contribution in [3.05, 3.63) is 190 Å². The fraction of sp³-hybridized carbons (Fsp3) is 0.185. The van der Waals surface area contributed by atoms with Crippen molar-refractivity contribution < 1.29 is 0 Å². The van der Waals surface area contributed by atoms with Crippen molar-refractivity contribution in [2.24, 2.45) is 17.8 Å². The smallest absolute Gasteiger partial charge is 0.0206 e. The molecule has 0 radical (unpaired) electrons. The van der Waals surface area contributed by atoms with Crippen molar-refractivity contribution in [1.82, 2.24) is 0 Å². The van der Waals surface area contributed by atoms with E-state index in [1.807, 2.05) is 0 Å². The van der Waals surface area contributed by atoms with Crippen LogP contribution in [0.1, 0.15) is 68.2 Å². The second-order valence-corrected chi connectivity index (χ2v) is 16.5. The first-order chi connectivity index (χ1) is 26.7. The molecule has 0 fully saturated rings. The number of rotatable bonds is 3. The van der Waals surface area contributed by atoms with Gasteiger partial charge in [-0.3, -0.25) is 0 Å². The van der Waals surface area contributed by atoms with Crippen LogP contribution in [0, 0.1) is 17.8 Å². The van der Waals surface area contributed by atoms with Crippen molar-refractivity contribution >= 4 is 43.8 Å². The van der Waals surface area contributed by atoms with E-state index in [-0.39, 0.29) is 0 Å². The van der Waals surface area contributed by atoms with Crippen molar-refractivity contribution in [2.45, 2.75) is 46.0 Å². The zero-order chi connectivity index (χ0) is 35.7. The van der Waals surface area contributed by atoms with E-state index in [1.54, 1.807) is 11.1 Å². The maximum absolute atomic E-state index is 2.67. The lowest BCUT2D eigenvalue weighted by Gasteiger charge is -2.36. The van der Waals surface area contributed by atoms with Gasteiger partial charge in [0.15, 0.2) is 0 Å². The van der Waals surface area contributed by atoms with E-state index >= 15 is 0 Å². The van der Waals surface area contributed by atoms with Gasteiger partial charge in [-0.25, -0.2) is 0 Å². The molecule has 0 spiro atoms. The molecular weight excluding hydrogens is 649 g/mol. The molecule has 0 aliphatic heterocycles. The summed E-state index contributed by atoms with van der Waals surface area (Å²) >= 11 is 0. The van der Waals surface area contributed by atoms with Crippen molar-refractivity contribution in [2.75, 3.05) is 0 Å². The van der Waals surface area contributed by atoms with Crippen LogP contribution in [-0.4, -0.2) is 0 Å². The largest absolute Gasteiger partial charge is 0.0836 e. The average Bonchev–Trinajstić information content (AvgIpc) is 3.71. The standard InChI is InChI=1S/C54H42/c1-31-14-11-15-32(2)47(31)35-26-27-37-36(28-35)29-45-51-40(37)22-12-25-43(51)53-48(33-16-5-3-6-17-33)46-30-44-39-21-10-9-20-38(39)41-23-13-24-42(50(41)44)52(46)49(54(45)53)34-18-7-4-8-19-34/h3-9,12-14,16-20,22-27,29-30,35,40,51H,10-11,15,21,28H2,1-2H3. The Morgan fingerprint density at radius 3 is 2.26 bits per heavy atom. The van der Waals surface area contributed by atoms with E-state index in [2.05, 4.69) is 153 Å². The van der Waals surface area contributed by atoms with Crippen LogP contribution < -0.4 is 0 Å². The van der Waals surface area contributed by atoms with Gasteiger partial charge in [0, 0.05) is 17.8 Å². The number of fused-ring (bicyclic) bond motifs is 8. The second-order valence-electron chi connectivity index (χ2n) is 16.5. The maximum atomic E-state index is 2.67. The fourth-order valence-corrected chi connectivity index (χ4v) is 11.7. The van der Waals surface area contributed by atoms with E-state index < -0.39 is 0 Å². The topological polar surface area (TPSA) is 0 Å². The van der Waals surface area contributed by atoms with Crippen LogP contribution in [0.4, 0.5) is 0 Å². The van der Waals surface area contributed by atoms with Crippen LogP contribution in [-0.2, 0) is 0 Å². The summed E-state index contributed by atoms with van der Waals surface area (Å²) in [5, 5.41) is 5.61. The zero-order valence-corrected chi connectivity index (χ0v) is 31.0. The summed E-state index contributed by atoms with van der Waals surface area (Å²) < 4.78 is 0. The predicted octanol–water partition coefficient (Wildman–Crippen LogP) is 14.4. The molecule has 0 nitrogen and oxygen atoms in total. The Hall–Kier alpha value is -5.72. The summed E-state index contributed by atoms with van der Waals surface area (Å²) in [6, 6.07) is 32.4. The lowest BCUT2D eigenvalue weighted by Crippen LogP contribution is -2.23. The summed E-state index contributed by atoms with van der Waals surface area (Å²) in [7, 11) is 0. The molecule has 5 aromatic carbocycles. The third-order valence-corrected chi connectivity index (χ3v) is 13.8. The molecule has 3 unspecified atom stereocenters. The molecule has 258 valence electrons. The van der Waals surface area contributed by atoms with Crippen LogP contribution in [0.5, 0.6) is 0 Å². The molecule has 0 saturated carbocycles. The summed E-state index contributed by atoms with van der Waals surface area (Å²) in [6.45, 7) is 4.71. The van der Waals surface area contributed by atoms with Crippen LogP contribution in [0.3, 0.4) is 0 Å². The first-order valence-corrected chi connectivity index (χ1v) is 20.1. The van der Waals surface area contributed by atoms with Gasteiger partial charge in [-0.1, -0.05) is 145 Å². The normalized spacial score (nSPS) is 23.1. The molecule has 0 aromatic heterocycles. The highest BCUT2D eigenvalue weighted by Crippen LogP contribution is 2.63. The Balaban J connectivity index is 1.21. The van der Waals surface area contributed by atoms with Gasteiger partial charge >= 0.3 is 0 Å². The van der Waals surface area contributed by atoms with Crippen molar-refractivity contribution in [1.29, 1.82) is 0 Å². The number of allylic oxidation sites excluding steroid dienone is 18. The third-order valence-electron chi connectivity index (χ3n) is 13.8. The molecule has 12 rings (SSSR count). The predicted molar refractivity (Wildman–Crippen MR) is 230 cm³/mol. The van der Waals surface area contributed by atoms with E-state index in [4.69, 9.17) is 0 Å². The third kappa shape index (κ3) is 4.09. The Labute approximate surface area is 318 Å². The maximum Gasteiger partial charge on any atom is 0.0206 e. The van der Waals surface area contributed by atoms with Crippen molar-refractivity contribution in [3.8, 4) is 22.3 Å². The molecule has 7 aliphatic carbocycles. The lowest BCUT2D eigenvalue weighted by atomic mass is 9.67. The zero-order valence-electron chi connectivity index (χ0n) is 31.0. The lowest BCUT2D eigenvalue weighted by molar-refractivity contribution is 0.634. The average molecular weight is 691 g/mol. The van der Waals surface area contributed by atoms with Gasteiger partial charge in [0.25, 0.3) is 0 Å². The molecule has 3 atom stereocenters. The molecule has 0 heteroatoms. The minimum Gasteiger partial charge on any atom is -0.0836 e.